The molecule has 4 heteroatoms. The van der Waals surface area contributed by atoms with Crippen molar-refractivity contribution in [3.63, 3.8) is 0 Å². The zero-order valence-corrected chi connectivity index (χ0v) is 10.8. The number of aryl methyl sites for hydroxylation is 1. The Labute approximate surface area is 107 Å². The normalized spacial score (nSPS) is 11.9. The van der Waals surface area contributed by atoms with Crippen LogP contribution in [0, 0.1) is 0 Å². The standard InChI is InChI=1S/C14H19NO3/c1-3-10-4-6-11(7-5-10)14(17)12(15)8-9-13(16)18-2/h4-7,12H,3,8-9,15H2,1-2H3. The number of carbonyl (C=O) groups excluding carboxylic acids is 2. The molecule has 1 atom stereocenters. The molecule has 1 aromatic carbocycles. The van der Waals surface area contributed by atoms with Gasteiger partial charge in [-0.1, -0.05) is 31.2 Å². The predicted molar refractivity (Wildman–Crippen MR) is 69.4 cm³/mol. The Kier molecular flexibility index (Phi) is 5.52. The monoisotopic (exact) mass is 249 g/mol. The first-order chi connectivity index (χ1) is 8.58. The third-order valence-corrected chi connectivity index (χ3v) is 2.87. The number of rotatable bonds is 6. The van der Waals surface area contributed by atoms with E-state index < -0.39 is 6.04 Å². The second-order valence-corrected chi connectivity index (χ2v) is 4.14. The van der Waals surface area contributed by atoms with Gasteiger partial charge in [0.1, 0.15) is 0 Å². The molecule has 0 aliphatic heterocycles. The first kappa shape index (κ1) is 14.4. The molecule has 0 aromatic heterocycles. The van der Waals surface area contributed by atoms with E-state index >= 15 is 0 Å². The van der Waals surface area contributed by atoms with Crippen molar-refractivity contribution in [2.24, 2.45) is 5.73 Å². The molecule has 1 unspecified atom stereocenters. The smallest absolute Gasteiger partial charge is 0.305 e. The Bertz CT molecular complexity index is 412. The number of methoxy groups -OCH3 is 1. The molecule has 0 fully saturated rings. The Hall–Kier alpha value is -1.68. The lowest BCUT2D eigenvalue weighted by atomic mass is 9.99. The summed E-state index contributed by atoms with van der Waals surface area (Å²) in [4.78, 5) is 22.9. The van der Waals surface area contributed by atoms with Gasteiger partial charge in [-0.25, -0.2) is 0 Å². The van der Waals surface area contributed by atoms with Crippen LogP contribution in [-0.2, 0) is 16.0 Å². The van der Waals surface area contributed by atoms with Crippen LogP contribution < -0.4 is 5.73 Å². The van der Waals surface area contributed by atoms with Crippen LogP contribution in [0.5, 0.6) is 0 Å². The maximum absolute atomic E-state index is 12.0. The summed E-state index contributed by atoms with van der Waals surface area (Å²) in [5.74, 6) is -0.485. The molecule has 1 rings (SSSR count). The van der Waals surface area contributed by atoms with Gasteiger partial charge in [0, 0.05) is 12.0 Å². The summed E-state index contributed by atoms with van der Waals surface area (Å²) in [6, 6.07) is 6.73. The molecule has 0 aliphatic rings. The maximum atomic E-state index is 12.0. The zero-order valence-electron chi connectivity index (χ0n) is 10.8. The number of ketones is 1. The van der Waals surface area contributed by atoms with Gasteiger partial charge in [0.2, 0.25) is 0 Å². The summed E-state index contributed by atoms with van der Waals surface area (Å²) in [6.07, 6.45) is 1.40. The van der Waals surface area contributed by atoms with Gasteiger partial charge in [-0.05, 0) is 18.4 Å². The average Bonchev–Trinajstić information content (AvgIpc) is 2.43. The second kappa shape index (κ2) is 6.91. The highest BCUT2D eigenvalue weighted by molar-refractivity contribution is 6.00. The molecule has 0 bridgehead atoms. The van der Waals surface area contributed by atoms with Crippen molar-refractivity contribution in [2.45, 2.75) is 32.2 Å². The maximum Gasteiger partial charge on any atom is 0.305 e. The number of esters is 1. The van der Waals surface area contributed by atoms with E-state index in [1.165, 1.54) is 12.7 Å². The summed E-state index contributed by atoms with van der Waals surface area (Å²) in [5.41, 5.74) is 7.53. The van der Waals surface area contributed by atoms with Crippen LogP contribution in [0.3, 0.4) is 0 Å². The quantitative estimate of drug-likeness (QED) is 0.615. The largest absolute Gasteiger partial charge is 0.469 e. The molecular weight excluding hydrogens is 230 g/mol. The van der Waals surface area contributed by atoms with Crippen LogP contribution in [0.4, 0.5) is 0 Å². The van der Waals surface area contributed by atoms with Gasteiger partial charge >= 0.3 is 5.97 Å². The van der Waals surface area contributed by atoms with E-state index in [0.29, 0.717) is 12.0 Å². The van der Waals surface area contributed by atoms with Gasteiger partial charge in [0.25, 0.3) is 0 Å². The van der Waals surface area contributed by atoms with Crippen molar-refractivity contribution in [3.8, 4) is 0 Å². The predicted octanol–water partition coefficient (Wildman–Crippen LogP) is 1.71. The molecule has 0 aliphatic carbocycles. The van der Waals surface area contributed by atoms with E-state index in [2.05, 4.69) is 11.7 Å². The van der Waals surface area contributed by atoms with Crippen molar-refractivity contribution in [1.29, 1.82) is 0 Å². The van der Waals surface area contributed by atoms with E-state index in [4.69, 9.17) is 5.73 Å². The van der Waals surface area contributed by atoms with Crippen LogP contribution in [-0.4, -0.2) is 24.9 Å². The molecule has 0 radical (unpaired) electrons. The first-order valence-corrected chi connectivity index (χ1v) is 6.04. The van der Waals surface area contributed by atoms with Gasteiger partial charge in [-0.15, -0.1) is 0 Å². The van der Waals surface area contributed by atoms with E-state index in [1.54, 1.807) is 12.1 Å². The van der Waals surface area contributed by atoms with E-state index in [-0.39, 0.29) is 18.2 Å². The summed E-state index contributed by atoms with van der Waals surface area (Å²) < 4.78 is 4.51. The van der Waals surface area contributed by atoms with Gasteiger partial charge in [0.15, 0.2) is 5.78 Å². The molecule has 0 amide bonds. The summed E-state index contributed by atoms with van der Waals surface area (Å²) >= 11 is 0. The van der Waals surface area contributed by atoms with Crippen LogP contribution >= 0.6 is 0 Å². The Morgan fingerprint density at radius 3 is 2.39 bits per heavy atom. The van der Waals surface area contributed by atoms with Gasteiger partial charge in [0.05, 0.1) is 13.2 Å². The van der Waals surface area contributed by atoms with Crippen molar-refractivity contribution in [2.75, 3.05) is 7.11 Å². The van der Waals surface area contributed by atoms with Gasteiger partial charge in [-0.3, -0.25) is 9.59 Å². The fourth-order valence-corrected chi connectivity index (χ4v) is 1.63. The summed E-state index contributed by atoms with van der Waals surface area (Å²) in [7, 11) is 1.32. The molecule has 0 spiro atoms. The number of nitrogens with two attached hydrogens (primary N) is 1. The van der Waals surface area contributed by atoms with Crippen LogP contribution in [0.15, 0.2) is 24.3 Å². The molecule has 18 heavy (non-hydrogen) atoms. The number of hydrogen-bond donors (Lipinski definition) is 1. The van der Waals surface area contributed by atoms with Crippen molar-refractivity contribution < 1.29 is 14.3 Å². The highest BCUT2D eigenvalue weighted by Gasteiger charge is 2.17. The number of carbonyl (C=O) groups is 2. The average molecular weight is 249 g/mol. The molecule has 1 aromatic rings. The Morgan fingerprint density at radius 2 is 1.89 bits per heavy atom. The number of ether oxygens (including phenoxy) is 1. The SMILES string of the molecule is CCc1ccc(C(=O)C(N)CCC(=O)OC)cc1. The van der Waals surface area contributed by atoms with Gasteiger partial charge in [-0.2, -0.15) is 0 Å². The Morgan fingerprint density at radius 1 is 1.28 bits per heavy atom. The lowest BCUT2D eigenvalue weighted by molar-refractivity contribution is -0.140. The fraction of sp³-hybridized carbons (Fsp3) is 0.429. The minimum atomic E-state index is -0.656. The Balaban J connectivity index is 2.59. The molecule has 0 saturated heterocycles. The summed E-state index contributed by atoms with van der Waals surface area (Å²) in [5, 5.41) is 0. The van der Waals surface area contributed by atoms with Crippen LogP contribution in [0.25, 0.3) is 0 Å². The van der Waals surface area contributed by atoms with Crippen molar-refractivity contribution in [1.82, 2.24) is 0 Å². The molecule has 4 nitrogen and oxygen atoms in total. The molecule has 0 heterocycles. The number of hydrogen-bond acceptors (Lipinski definition) is 4. The van der Waals surface area contributed by atoms with E-state index in [0.717, 1.165) is 6.42 Å². The molecule has 2 N–H and O–H groups in total. The minimum Gasteiger partial charge on any atom is -0.469 e. The highest BCUT2D eigenvalue weighted by atomic mass is 16.5. The topological polar surface area (TPSA) is 69.4 Å². The lowest BCUT2D eigenvalue weighted by Crippen LogP contribution is -2.31. The molecule has 98 valence electrons. The van der Waals surface area contributed by atoms with Crippen LogP contribution in [0.2, 0.25) is 0 Å². The van der Waals surface area contributed by atoms with E-state index in [9.17, 15) is 9.59 Å². The van der Waals surface area contributed by atoms with Crippen molar-refractivity contribution >= 4 is 11.8 Å². The summed E-state index contributed by atoms with van der Waals surface area (Å²) in [6.45, 7) is 2.05. The fourth-order valence-electron chi connectivity index (χ4n) is 1.63. The minimum absolute atomic E-state index is 0.137. The third kappa shape index (κ3) is 3.96. The van der Waals surface area contributed by atoms with Crippen LogP contribution in [0.1, 0.15) is 35.7 Å². The molecular formula is C14H19NO3. The third-order valence-electron chi connectivity index (χ3n) is 2.87. The van der Waals surface area contributed by atoms with Crippen molar-refractivity contribution in [3.05, 3.63) is 35.4 Å². The second-order valence-electron chi connectivity index (χ2n) is 4.14. The first-order valence-electron chi connectivity index (χ1n) is 6.04. The van der Waals surface area contributed by atoms with E-state index in [1.807, 2.05) is 12.1 Å². The lowest BCUT2D eigenvalue weighted by Gasteiger charge is -2.10. The zero-order chi connectivity index (χ0) is 13.5. The molecule has 0 saturated carbocycles. The highest BCUT2D eigenvalue weighted by Crippen LogP contribution is 2.09. The van der Waals surface area contributed by atoms with Gasteiger partial charge < -0.3 is 10.5 Å². The number of benzene rings is 1. The number of Topliss-reactive ketones (excluding diaryl/α,β-unsaturated/α-hetero) is 1.